The zero-order valence-electron chi connectivity index (χ0n) is 11.6. The topological polar surface area (TPSA) is 52.3 Å². The number of nitrogen functional groups attached to an aromatic ring is 1. The third-order valence-electron chi connectivity index (χ3n) is 2.70. The number of halogens is 2. The Labute approximate surface area is 131 Å². The lowest BCUT2D eigenvalue weighted by Crippen LogP contribution is -2.20. The fraction of sp³-hybridized carbons (Fsp3) is 0.500. The number of carbonyl (C=O) groups is 1. The minimum absolute atomic E-state index is 0.0740. The average Bonchev–Trinajstić information content (AvgIpc) is 2.41. The van der Waals surface area contributed by atoms with Crippen molar-refractivity contribution in [3.63, 3.8) is 0 Å². The van der Waals surface area contributed by atoms with Gasteiger partial charge in [0.05, 0.1) is 12.3 Å². The maximum atomic E-state index is 13.3. The lowest BCUT2D eigenvalue weighted by atomic mass is 10.3. The fourth-order valence-electron chi connectivity index (χ4n) is 1.50. The molecule has 112 valence electrons. The number of thioether (sulfide) groups is 1. The van der Waals surface area contributed by atoms with Gasteiger partial charge in [-0.25, -0.2) is 4.39 Å². The van der Waals surface area contributed by atoms with Gasteiger partial charge in [-0.2, -0.15) is 0 Å². The summed E-state index contributed by atoms with van der Waals surface area (Å²) in [7, 11) is 0. The van der Waals surface area contributed by atoms with E-state index >= 15 is 0 Å². The molecule has 1 rings (SSSR count). The van der Waals surface area contributed by atoms with Crippen LogP contribution >= 0.6 is 27.7 Å². The van der Waals surface area contributed by atoms with Crippen LogP contribution in [0.3, 0.4) is 0 Å². The van der Waals surface area contributed by atoms with Gasteiger partial charge in [-0.15, -0.1) is 11.8 Å². The van der Waals surface area contributed by atoms with Crippen LogP contribution in [-0.4, -0.2) is 17.8 Å². The zero-order chi connectivity index (χ0) is 15.1. The van der Waals surface area contributed by atoms with Crippen molar-refractivity contribution in [2.75, 3.05) is 12.3 Å². The van der Waals surface area contributed by atoms with Crippen molar-refractivity contribution in [2.45, 2.75) is 43.3 Å². The number of rotatable bonds is 7. The molecule has 0 aliphatic rings. The van der Waals surface area contributed by atoms with E-state index in [1.807, 2.05) is 13.8 Å². The monoisotopic (exact) mass is 363 g/mol. The Balaban J connectivity index is 2.73. The Bertz CT molecular complexity index is 471. The molecule has 2 N–H and O–H groups in total. The summed E-state index contributed by atoms with van der Waals surface area (Å²) in [4.78, 5) is 12.7. The van der Waals surface area contributed by atoms with E-state index in [0.717, 1.165) is 17.7 Å². The highest BCUT2D eigenvalue weighted by molar-refractivity contribution is 9.10. The highest BCUT2D eigenvalue weighted by Gasteiger charge is 2.21. The van der Waals surface area contributed by atoms with Crippen molar-refractivity contribution < 1.29 is 13.9 Å². The summed E-state index contributed by atoms with van der Waals surface area (Å²) in [6.45, 7) is 4.40. The van der Waals surface area contributed by atoms with Crippen LogP contribution in [0.1, 0.15) is 33.1 Å². The van der Waals surface area contributed by atoms with E-state index in [4.69, 9.17) is 10.5 Å². The van der Waals surface area contributed by atoms with Crippen molar-refractivity contribution in [3.05, 3.63) is 22.4 Å². The molecule has 1 aromatic rings. The minimum atomic E-state index is -0.472. The first kappa shape index (κ1) is 17.3. The molecule has 0 amide bonds. The minimum Gasteiger partial charge on any atom is -0.465 e. The van der Waals surface area contributed by atoms with Gasteiger partial charge < -0.3 is 10.5 Å². The summed E-state index contributed by atoms with van der Waals surface area (Å²) in [5.41, 5.74) is 5.63. The van der Waals surface area contributed by atoms with E-state index in [1.165, 1.54) is 23.9 Å². The molecule has 0 fully saturated rings. The zero-order valence-corrected chi connectivity index (χ0v) is 14.0. The van der Waals surface area contributed by atoms with Gasteiger partial charge in [0.2, 0.25) is 0 Å². The van der Waals surface area contributed by atoms with Crippen molar-refractivity contribution in [3.8, 4) is 0 Å². The van der Waals surface area contributed by atoms with Gasteiger partial charge in [0.15, 0.2) is 0 Å². The molecule has 1 aromatic carbocycles. The number of hydrogen-bond acceptors (Lipinski definition) is 4. The maximum Gasteiger partial charge on any atom is 0.319 e. The third kappa shape index (κ3) is 4.98. The number of benzene rings is 1. The van der Waals surface area contributed by atoms with Crippen LogP contribution in [0, 0.1) is 5.82 Å². The van der Waals surface area contributed by atoms with Crippen LogP contribution in [0.4, 0.5) is 10.1 Å². The van der Waals surface area contributed by atoms with Crippen LogP contribution in [0.15, 0.2) is 21.5 Å². The molecular formula is C14H19BrFNO2S. The molecule has 1 atom stereocenters. The number of hydrogen-bond donors (Lipinski definition) is 1. The van der Waals surface area contributed by atoms with Gasteiger partial charge in [0, 0.05) is 9.37 Å². The Kier molecular flexibility index (Phi) is 7.37. The molecule has 20 heavy (non-hydrogen) atoms. The van der Waals surface area contributed by atoms with Crippen molar-refractivity contribution in [2.24, 2.45) is 0 Å². The van der Waals surface area contributed by atoms with Gasteiger partial charge >= 0.3 is 5.97 Å². The molecule has 1 unspecified atom stereocenters. The van der Waals surface area contributed by atoms with E-state index in [-0.39, 0.29) is 16.9 Å². The molecule has 0 radical (unpaired) electrons. The number of ether oxygens (including phenoxy) is 1. The SMILES string of the molecule is CCCCOC(=O)C(CC)Sc1cc(N)c(F)cc1Br. The van der Waals surface area contributed by atoms with E-state index in [1.54, 1.807) is 0 Å². The van der Waals surface area contributed by atoms with Gasteiger partial charge in [0.25, 0.3) is 0 Å². The summed E-state index contributed by atoms with van der Waals surface area (Å²) in [6, 6.07) is 2.85. The normalized spacial score (nSPS) is 12.2. The Hall–Kier alpha value is -0.750. The lowest BCUT2D eigenvalue weighted by molar-refractivity contribution is -0.143. The van der Waals surface area contributed by atoms with Crippen LogP contribution in [-0.2, 0) is 9.53 Å². The summed E-state index contributed by atoms with van der Waals surface area (Å²) in [5, 5.41) is -0.312. The second kappa shape index (κ2) is 8.52. The summed E-state index contributed by atoms with van der Waals surface area (Å²) >= 11 is 4.62. The molecule has 0 aliphatic carbocycles. The molecule has 0 spiro atoms. The Morgan fingerprint density at radius 1 is 1.50 bits per heavy atom. The molecule has 0 aliphatic heterocycles. The molecule has 6 heteroatoms. The van der Waals surface area contributed by atoms with Crippen LogP contribution in [0.25, 0.3) is 0 Å². The lowest BCUT2D eigenvalue weighted by Gasteiger charge is -2.15. The summed E-state index contributed by atoms with van der Waals surface area (Å²) in [5.74, 6) is -0.708. The predicted molar refractivity (Wildman–Crippen MR) is 84.3 cm³/mol. The quantitative estimate of drug-likeness (QED) is 0.338. The highest BCUT2D eigenvalue weighted by Crippen LogP contribution is 2.35. The van der Waals surface area contributed by atoms with Crippen molar-refractivity contribution >= 4 is 39.3 Å². The molecular weight excluding hydrogens is 345 g/mol. The van der Waals surface area contributed by atoms with Crippen molar-refractivity contribution in [1.29, 1.82) is 0 Å². The Morgan fingerprint density at radius 3 is 2.80 bits per heavy atom. The largest absolute Gasteiger partial charge is 0.465 e. The Morgan fingerprint density at radius 2 is 2.20 bits per heavy atom. The first-order valence-electron chi connectivity index (χ1n) is 6.57. The highest BCUT2D eigenvalue weighted by atomic mass is 79.9. The summed E-state index contributed by atoms with van der Waals surface area (Å²) in [6.07, 6.45) is 2.48. The van der Waals surface area contributed by atoms with Gasteiger partial charge in [-0.1, -0.05) is 20.3 Å². The summed E-state index contributed by atoms with van der Waals surface area (Å²) < 4.78 is 19.1. The molecule has 0 aromatic heterocycles. The van der Waals surface area contributed by atoms with Gasteiger partial charge in [0.1, 0.15) is 11.1 Å². The number of nitrogens with two attached hydrogens (primary N) is 1. The standard InChI is InChI=1S/C14H19BrFNO2S/c1-3-5-6-19-14(18)12(4-2)20-13-8-11(17)10(16)7-9(13)15/h7-8,12H,3-6,17H2,1-2H3. The number of esters is 1. The second-order valence-corrected chi connectivity index (χ2v) is 6.44. The first-order chi connectivity index (χ1) is 9.49. The smallest absolute Gasteiger partial charge is 0.319 e. The van der Waals surface area contributed by atoms with Crippen LogP contribution in [0.2, 0.25) is 0 Å². The number of carbonyl (C=O) groups excluding carboxylic acids is 1. The number of unbranched alkanes of at least 4 members (excludes halogenated alkanes) is 1. The molecule has 0 saturated carbocycles. The molecule has 3 nitrogen and oxygen atoms in total. The fourth-order valence-corrected chi connectivity index (χ4v) is 3.10. The van der Waals surface area contributed by atoms with E-state index in [9.17, 15) is 9.18 Å². The van der Waals surface area contributed by atoms with Crippen molar-refractivity contribution in [1.82, 2.24) is 0 Å². The first-order valence-corrected chi connectivity index (χ1v) is 8.24. The molecule has 0 saturated heterocycles. The van der Waals surface area contributed by atoms with Crippen LogP contribution < -0.4 is 5.73 Å². The maximum absolute atomic E-state index is 13.3. The van der Waals surface area contributed by atoms with Gasteiger partial charge in [-0.3, -0.25) is 4.79 Å². The predicted octanol–water partition coefficient (Wildman–Crippen LogP) is 4.38. The van der Waals surface area contributed by atoms with E-state index in [0.29, 0.717) is 17.5 Å². The third-order valence-corrected chi connectivity index (χ3v) is 5.02. The molecule has 0 heterocycles. The second-order valence-electron chi connectivity index (χ2n) is 4.34. The van der Waals surface area contributed by atoms with E-state index in [2.05, 4.69) is 15.9 Å². The van der Waals surface area contributed by atoms with Crippen LogP contribution in [0.5, 0.6) is 0 Å². The van der Waals surface area contributed by atoms with E-state index < -0.39 is 5.82 Å². The average molecular weight is 364 g/mol. The molecule has 0 bridgehead atoms. The van der Waals surface area contributed by atoms with Gasteiger partial charge in [-0.05, 0) is 40.9 Å². The number of anilines is 1.